The zero-order chi connectivity index (χ0) is 23.7. The average Bonchev–Trinajstić information content (AvgIpc) is 3.33. The maximum atomic E-state index is 13.3. The van der Waals surface area contributed by atoms with Gasteiger partial charge in [0.1, 0.15) is 15.9 Å². The van der Waals surface area contributed by atoms with Crippen LogP contribution in [-0.2, 0) is 10.0 Å². The summed E-state index contributed by atoms with van der Waals surface area (Å²) in [6.45, 7) is 0. The van der Waals surface area contributed by atoms with Crippen LogP contribution < -0.4 is 19.5 Å². The fourth-order valence-electron chi connectivity index (χ4n) is 3.39. The van der Waals surface area contributed by atoms with Gasteiger partial charge in [-0.3, -0.25) is 4.72 Å². The number of sulfonamides is 1. The first-order chi connectivity index (χ1) is 16.5. The summed E-state index contributed by atoms with van der Waals surface area (Å²) in [4.78, 5) is 9.13. The standard InChI is InChI=1S/C22H18N6O4S2/c1-31-17-11-10-13(12-18(17)32-2)23-21-22(25-15-7-4-3-6-14(15)24-21)28-34(29,30)19-9-5-8-16-20(19)27-33-26-16/h3-12H,1-2H3,(H,23,24)(H,25,28). The topological polar surface area (TPSA) is 128 Å². The van der Waals surface area contributed by atoms with Crippen LogP contribution in [0.3, 0.4) is 0 Å². The number of benzene rings is 3. The monoisotopic (exact) mass is 494 g/mol. The molecule has 0 saturated heterocycles. The number of hydrogen-bond donors (Lipinski definition) is 2. The van der Waals surface area contributed by atoms with E-state index in [0.717, 1.165) is 11.7 Å². The molecular formula is C22H18N6O4S2. The van der Waals surface area contributed by atoms with Crippen LogP contribution in [0.15, 0.2) is 65.6 Å². The van der Waals surface area contributed by atoms with Gasteiger partial charge in [-0.05, 0) is 36.4 Å². The van der Waals surface area contributed by atoms with Gasteiger partial charge < -0.3 is 14.8 Å². The fourth-order valence-corrected chi connectivity index (χ4v) is 5.17. The summed E-state index contributed by atoms with van der Waals surface area (Å²) in [5.74, 6) is 1.32. The van der Waals surface area contributed by atoms with Gasteiger partial charge in [0, 0.05) is 11.8 Å². The van der Waals surface area contributed by atoms with E-state index >= 15 is 0 Å². The summed E-state index contributed by atoms with van der Waals surface area (Å²) in [5, 5.41) is 3.13. The molecule has 2 heterocycles. The Kier molecular flexibility index (Phi) is 5.59. The zero-order valence-electron chi connectivity index (χ0n) is 18.0. The smallest absolute Gasteiger partial charge is 0.265 e. The number of rotatable bonds is 7. The van der Waals surface area contributed by atoms with Gasteiger partial charge in [-0.15, -0.1) is 0 Å². The number of methoxy groups -OCH3 is 2. The van der Waals surface area contributed by atoms with Crippen molar-refractivity contribution >= 4 is 61.1 Å². The molecule has 10 nitrogen and oxygen atoms in total. The molecule has 0 saturated carbocycles. The highest BCUT2D eigenvalue weighted by atomic mass is 32.2. The van der Waals surface area contributed by atoms with Crippen LogP contribution in [0, 0.1) is 0 Å². The van der Waals surface area contributed by atoms with E-state index in [4.69, 9.17) is 9.47 Å². The first kappa shape index (κ1) is 21.8. The van der Waals surface area contributed by atoms with Gasteiger partial charge in [-0.1, -0.05) is 18.2 Å². The van der Waals surface area contributed by atoms with Gasteiger partial charge in [-0.25, -0.2) is 18.4 Å². The number of aromatic nitrogens is 4. The molecule has 0 aliphatic carbocycles. The minimum Gasteiger partial charge on any atom is -0.493 e. The Morgan fingerprint density at radius 1 is 0.794 bits per heavy atom. The molecule has 5 rings (SSSR count). The Morgan fingerprint density at radius 3 is 2.24 bits per heavy atom. The summed E-state index contributed by atoms with van der Waals surface area (Å²) < 4.78 is 48.1. The largest absolute Gasteiger partial charge is 0.493 e. The van der Waals surface area contributed by atoms with Crippen molar-refractivity contribution in [1.29, 1.82) is 0 Å². The molecule has 0 unspecified atom stereocenters. The molecule has 5 aromatic rings. The second kappa shape index (κ2) is 8.72. The van der Waals surface area contributed by atoms with Crippen LogP contribution in [0.25, 0.3) is 22.1 Å². The van der Waals surface area contributed by atoms with Crippen LogP contribution in [0.2, 0.25) is 0 Å². The van der Waals surface area contributed by atoms with E-state index in [-0.39, 0.29) is 16.5 Å². The molecule has 0 amide bonds. The molecule has 2 N–H and O–H groups in total. The van der Waals surface area contributed by atoms with Gasteiger partial charge in [0.2, 0.25) is 0 Å². The van der Waals surface area contributed by atoms with Crippen LogP contribution >= 0.6 is 11.7 Å². The van der Waals surface area contributed by atoms with Crippen molar-refractivity contribution in [3.63, 3.8) is 0 Å². The van der Waals surface area contributed by atoms with E-state index in [1.807, 2.05) is 6.07 Å². The Labute approximate surface area is 199 Å². The third kappa shape index (κ3) is 4.04. The van der Waals surface area contributed by atoms with Gasteiger partial charge in [0.05, 0.1) is 37.0 Å². The molecule has 0 atom stereocenters. The highest BCUT2D eigenvalue weighted by molar-refractivity contribution is 7.93. The van der Waals surface area contributed by atoms with Crippen LogP contribution in [-0.4, -0.2) is 41.4 Å². The van der Waals surface area contributed by atoms with Crippen molar-refractivity contribution in [1.82, 2.24) is 18.7 Å². The van der Waals surface area contributed by atoms with Crippen molar-refractivity contribution in [2.75, 3.05) is 24.3 Å². The lowest BCUT2D eigenvalue weighted by Crippen LogP contribution is -2.16. The number of hydrogen-bond acceptors (Lipinski definition) is 10. The normalized spacial score (nSPS) is 11.5. The molecule has 0 aliphatic rings. The summed E-state index contributed by atoms with van der Waals surface area (Å²) in [5.41, 5.74) is 2.53. The molecule has 2 aromatic heterocycles. The number of nitrogens with one attached hydrogen (secondary N) is 2. The van der Waals surface area contributed by atoms with Crippen LogP contribution in [0.1, 0.15) is 0 Å². The SMILES string of the molecule is COc1ccc(Nc2nc3ccccc3nc2NS(=O)(=O)c2cccc3nsnc23)cc1OC. The highest BCUT2D eigenvalue weighted by Gasteiger charge is 2.23. The molecule has 3 aromatic carbocycles. The van der Waals surface area contributed by atoms with Gasteiger partial charge in [0.25, 0.3) is 10.0 Å². The van der Waals surface area contributed by atoms with Crippen molar-refractivity contribution in [2.24, 2.45) is 0 Å². The number of ether oxygens (including phenoxy) is 2. The molecule has 0 radical (unpaired) electrons. The zero-order valence-corrected chi connectivity index (χ0v) is 19.6. The molecule has 12 heteroatoms. The minimum absolute atomic E-state index is 0.00535. The molecule has 0 spiro atoms. The quantitative estimate of drug-likeness (QED) is 0.342. The molecule has 0 fully saturated rings. The predicted octanol–water partition coefficient (Wildman–Crippen LogP) is 4.20. The first-order valence-electron chi connectivity index (χ1n) is 9.98. The lowest BCUT2D eigenvalue weighted by atomic mass is 10.2. The van der Waals surface area contributed by atoms with E-state index < -0.39 is 10.0 Å². The number of nitrogens with zero attached hydrogens (tertiary/aromatic N) is 4. The van der Waals surface area contributed by atoms with E-state index in [2.05, 4.69) is 28.8 Å². The molecule has 0 aliphatic heterocycles. The second-order valence-corrected chi connectivity index (χ2v) is 9.28. The highest BCUT2D eigenvalue weighted by Crippen LogP contribution is 2.33. The van der Waals surface area contributed by atoms with Gasteiger partial charge in [-0.2, -0.15) is 8.75 Å². The molecular weight excluding hydrogens is 476 g/mol. The number of fused-ring (bicyclic) bond motifs is 2. The molecule has 172 valence electrons. The summed E-state index contributed by atoms with van der Waals surface area (Å²) in [6.07, 6.45) is 0. The minimum atomic E-state index is -4.05. The Bertz CT molecular complexity index is 1620. The van der Waals surface area contributed by atoms with E-state index in [0.29, 0.717) is 39.3 Å². The first-order valence-corrected chi connectivity index (χ1v) is 12.2. The van der Waals surface area contributed by atoms with Crippen molar-refractivity contribution in [3.8, 4) is 11.5 Å². The van der Waals surface area contributed by atoms with E-state index in [9.17, 15) is 8.42 Å². The lowest BCUT2D eigenvalue weighted by Gasteiger charge is -2.15. The van der Waals surface area contributed by atoms with Crippen LogP contribution in [0.4, 0.5) is 17.3 Å². The van der Waals surface area contributed by atoms with E-state index in [1.54, 1.807) is 55.6 Å². The average molecular weight is 495 g/mol. The summed E-state index contributed by atoms with van der Waals surface area (Å²) >= 11 is 0.948. The van der Waals surface area contributed by atoms with Gasteiger partial charge in [0.15, 0.2) is 23.1 Å². The van der Waals surface area contributed by atoms with E-state index in [1.165, 1.54) is 13.2 Å². The summed E-state index contributed by atoms with van der Waals surface area (Å²) in [7, 11) is -0.970. The Morgan fingerprint density at radius 2 is 1.50 bits per heavy atom. The third-order valence-electron chi connectivity index (χ3n) is 4.99. The predicted molar refractivity (Wildman–Crippen MR) is 131 cm³/mol. The van der Waals surface area contributed by atoms with Crippen LogP contribution in [0.5, 0.6) is 11.5 Å². The second-order valence-electron chi connectivity index (χ2n) is 7.10. The lowest BCUT2D eigenvalue weighted by molar-refractivity contribution is 0.355. The maximum absolute atomic E-state index is 13.3. The van der Waals surface area contributed by atoms with Crippen molar-refractivity contribution in [3.05, 3.63) is 60.7 Å². The number of para-hydroxylation sites is 2. The van der Waals surface area contributed by atoms with Crippen molar-refractivity contribution in [2.45, 2.75) is 4.90 Å². The van der Waals surface area contributed by atoms with Gasteiger partial charge >= 0.3 is 0 Å². The third-order valence-corrected chi connectivity index (χ3v) is 6.90. The summed E-state index contributed by atoms with van der Waals surface area (Å²) in [6, 6.07) is 17.2. The molecule has 34 heavy (non-hydrogen) atoms. The fraction of sp³-hybridized carbons (Fsp3) is 0.0909. The number of anilines is 3. The Hall–Kier alpha value is -4.03. The maximum Gasteiger partial charge on any atom is 0.265 e. The Balaban J connectivity index is 1.59. The molecule has 0 bridgehead atoms. The van der Waals surface area contributed by atoms with Crippen molar-refractivity contribution < 1.29 is 17.9 Å².